The molecule has 0 spiro atoms. The van der Waals surface area contributed by atoms with Crippen LogP contribution in [0.4, 0.5) is 14.5 Å². The van der Waals surface area contributed by atoms with Crippen LogP contribution in [0.2, 0.25) is 0 Å². The zero-order chi connectivity index (χ0) is 14.9. The van der Waals surface area contributed by atoms with E-state index in [-0.39, 0.29) is 17.1 Å². The van der Waals surface area contributed by atoms with Gasteiger partial charge in [-0.05, 0) is 30.7 Å². The number of carboxylic acid groups (broad SMARTS) is 1. The molecule has 110 valence electrons. The second kappa shape index (κ2) is 5.38. The molecular weight excluding hydrogens is 264 g/mol. The van der Waals surface area contributed by atoms with E-state index in [2.05, 4.69) is 19.2 Å². The van der Waals surface area contributed by atoms with Crippen LogP contribution in [0.15, 0.2) is 12.1 Å². The summed E-state index contributed by atoms with van der Waals surface area (Å²) in [6, 6.07) is 1.74. The van der Waals surface area contributed by atoms with Gasteiger partial charge in [0.1, 0.15) is 11.6 Å². The predicted molar refractivity (Wildman–Crippen MR) is 73.0 cm³/mol. The van der Waals surface area contributed by atoms with Crippen LogP contribution in [-0.4, -0.2) is 17.1 Å². The molecular formula is C15H19F2NO2. The standard InChI is InChI=1S/C15H19F2NO2/c1-15(2)5-3-4-9(8-15)18-13-6-10(14(19)20)11(16)7-12(13)17/h6-7,9,18H,3-5,8H2,1-2H3,(H,19,20). The van der Waals surface area contributed by atoms with E-state index in [1.54, 1.807) is 0 Å². The molecule has 0 bridgehead atoms. The van der Waals surface area contributed by atoms with Crippen molar-refractivity contribution in [3.8, 4) is 0 Å². The van der Waals surface area contributed by atoms with Crippen LogP contribution in [0.5, 0.6) is 0 Å². The monoisotopic (exact) mass is 283 g/mol. The van der Waals surface area contributed by atoms with Crippen molar-refractivity contribution in [3.63, 3.8) is 0 Å². The second-order valence-electron chi connectivity index (χ2n) is 6.22. The van der Waals surface area contributed by atoms with Crippen molar-refractivity contribution in [3.05, 3.63) is 29.3 Å². The zero-order valence-electron chi connectivity index (χ0n) is 11.7. The summed E-state index contributed by atoms with van der Waals surface area (Å²) in [6.07, 6.45) is 3.95. The highest BCUT2D eigenvalue weighted by Gasteiger charge is 2.28. The predicted octanol–water partition coefficient (Wildman–Crippen LogP) is 4.04. The molecule has 0 heterocycles. The van der Waals surface area contributed by atoms with E-state index in [1.165, 1.54) is 0 Å². The Morgan fingerprint density at radius 1 is 1.35 bits per heavy atom. The van der Waals surface area contributed by atoms with E-state index in [0.29, 0.717) is 6.07 Å². The van der Waals surface area contributed by atoms with Gasteiger partial charge in [-0.3, -0.25) is 0 Å². The molecule has 20 heavy (non-hydrogen) atoms. The maximum atomic E-state index is 13.7. The van der Waals surface area contributed by atoms with Gasteiger partial charge in [0.2, 0.25) is 0 Å². The molecule has 0 saturated heterocycles. The Bertz CT molecular complexity index is 529. The van der Waals surface area contributed by atoms with E-state index in [1.807, 2.05) is 0 Å². The van der Waals surface area contributed by atoms with Crippen LogP contribution in [0.25, 0.3) is 0 Å². The zero-order valence-corrected chi connectivity index (χ0v) is 11.7. The van der Waals surface area contributed by atoms with Crippen molar-refractivity contribution in [1.29, 1.82) is 0 Å². The topological polar surface area (TPSA) is 49.3 Å². The SMILES string of the molecule is CC1(C)CCCC(Nc2cc(C(=O)O)c(F)cc2F)C1. The molecule has 1 unspecified atom stereocenters. The third-order valence-electron chi connectivity index (χ3n) is 3.85. The number of anilines is 1. The Morgan fingerprint density at radius 3 is 2.65 bits per heavy atom. The maximum absolute atomic E-state index is 13.7. The highest BCUT2D eigenvalue weighted by molar-refractivity contribution is 5.89. The van der Waals surface area contributed by atoms with Crippen LogP contribution in [0, 0.1) is 17.0 Å². The van der Waals surface area contributed by atoms with Gasteiger partial charge < -0.3 is 10.4 Å². The van der Waals surface area contributed by atoms with Crippen molar-refractivity contribution in [2.75, 3.05) is 5.32 Å². The molecule has 1 aromatic carbocycles. The minimum Gasteiger partial charge on any atom is -0.478 e. The van der Waals surface area contributed by atoms with E-state index in [4.69, 9.17) is 5.11 Å². The molecule has 1 fully saturated rings. The van der Waals surface area contributed by atoms with Gasteiger partial charge in [0.25, 0.3) is 0 Å². The van der Waals surface area contributed by atoms with Gasteiger partial charge >= 0.3 is 5.97 Å². The van der Waals surface area contributed by atoms with Crippen molar-refractivity contribution in [2.45, 2.75) is 45.6 Å². The molecule has 1 aliphatic carbocycles. The number of hydrogen-bond donors (Lipinski definition) is 2. The Labute approximate surface area is 117 Å². The fraction of sp³-hybridized carbons (Fsp3) is 0.533. The molecule has 0 radical (unpaired) electrons. The molecule has 2 N–H and O–H groups in total. The minimum atomic E-state index is -1.39. The highest BCUT2D eigenvalue weighted by Crippen LogP contribution is 2.36. The molecule has 1 aromatic rings. The summed E-state index contributed by atoms with van der Waals surface area (Å²) in [5.41, 5.74) is -0.266. The Hall–Kier alpha value is -1.65. The molecule has 3 nitrogen and oxygen atoms in total. The fourth-order valence-electron chi connectivity index (χ4n) is 2.86. The Balaban J connectivity index is 2.21. The summed E-state index contributed by atoms with van der Waals surface area (Å²) < 4.78 is 27.1. The van der Waals surface area contributed by atoms with Crippen molar-refractivity contribution >= 4 is 11.7 Å². The first-order valence-electron chi connectivity index (χ1n) is 6.77. The molecule has 0 aromatic heterocycles. The summed E-state index contributed by atoms with van der Waals surface area (Å²) in [5, 5.41) is 11.9. The van der Waals surface area contributed by atoms with E-state index >= 15 is 0 Å². The summed E-state index contributed by atoms with van der Waals surface area (Å²) in [7, 11) is 0. The number of rotatable bonds is 3. The lowest BCUT2D eigenvalue weighted by atomic mass is 9.75. The third kappa shape index (κ3) is 3.26. The molecule has 1 saturated carbocycles. The normalized spacial score (nSPS) is 21.5. The van der Waals surface area contributed by atoms with Gasteiger partial charge in [-0.15, -0.1) is 0 Å². The number of nitrogens with one attached hydrogen (secondary N) is 1. The summed E-state index contributed by atoms with van der Waals surface area (Å²) in [6.45, 7) is 4.31. The van der Waals surface area contributed by atoms with Crippen LogP contribution in [0.1, 0.15) is 49.9 Å². The summed E-state index contributed by atoms with van der Waals surface area (Å²) >= 11 is 0. The number of hydrogen-bond acceptors (Lipinski definition) is 2. The lowest BCUT2D eigenvalue weighted by Gasteiger charge is -2.36. The van der Waals surface area contributed by atoms with Crippen molar-refractivity contribution < 1.29 is 18.7 Å². The first kappa shape index (κ1) is 14.8. The van der Waals surface area contributed by atoms with Crippen LogP contribution in [-0.2, 0) is 0 Å². The molecule has 1 atom stereocenters. The van der Waals surface area contributed by atoms with Crippen LogP contribution < -0.4 is 5.32 Å². The van der Waals surface area contributed by atoms with E-state index < -0.39 is 23.2 Å². The lowest BCUT2D eigenvalue weighted by Crippen LogP contribution is -2.32. The molecule has 0 aliphatic heterocycles. The van der Waals surface area contributed by atoms with Crippen molar-refractivity contribution in [2.24, 2.45) is 5.41 Å². The number of benzene rings is 1. The summed E-state index contributed by atoms with van der Waals surface area (Å²) in [5.74, 6) is -3.20. The van der Waals surface area contributed by atoms with Gasteiger partial charge in [0.15, 0.2) is 0 Å². The Kier molecular flexibility index (Phi) is 3.97. The average molecular weight is 283 g/mol. The van der Waals surface area contributed by atoms with Gasteiger partial charge in [0.05, 0.1) is 11.3 Å². The third-order valence-corrected chi connectivity index (χ3v) is 3.85. The fourth-order valence-corrected chi connectivity index (χ4v) is 2.86. The quantitative estimate of drug-likeness (QED) is 0.880. The highest BCUT2D eigenvalue weighted by atomic mass is 19.1. The van der Waals surface area contributed by atoms with Gasteiger partial charge in [-0.2, -0.15) is 0 Å². The molecule has 1 aliphatic rings. The number of carbonyl (C=O) groups is 1. The van der Waals surface area contributed by atoms with Gasteiger partial charge in [0, 0.05) is 12.1 Å². The molecule has 5 heteroatoms. The van der Waals surface area contributed by atoms with Crippen molar-refractivity contribution in [1.82, 2.24) is 0 Å². The first-order valence-corrected chi connectivity index (χ1v) is 6.77. The van der Waals surface area contributed by atoms with Crippen LogP contribution >= 0.6 is 0 Å². The lowest BCUT2D eigenvalue weighted by molar-refractivity contribution is 0.0692. The minimum absolute atomic E-state index is 0.0616. The van der Waals surface area contributed by atoms with E-state index in [9.17, 15) is 13.6 Å². The number of aromatic carboxylic acids is 1. The van der Waals surface area contributed by atoms with Crippen LogP contribution in [0.3, 0.4) is 0 Å². The van der Waals surface area contributed by atoms with E-state index in [0.717, 1.165) is 31.7 Å². The first-order chi connectivity index (χ1) is 9.28. The molecule has 2 rings (SSSR count). The van der Waals surface area contributed by atoms with Gasteiger partial charge in [-0.1, -0.05) is 20.3 Å². The number of carboxylic acids is 1. The number of halogens is 2. The maximum Gasteiger partial charge on any atom is 0.338 e. The summed E-state index contributed by atoms with van der Waals surface area (Å²) in [4.78, 5) is 10.9. The second-order valence-corrected chi connectivity index (χ2v) is 6.22. The smallest absolute Gasteiger partial charge is 0.338 e. The molecule has 0 amide bonds. The van der Waals surface area contributed by atoms with Gasteiger partial charge in [-0.25, -0.2) is 13.6 Å². The average Bonchev–Trinajstić information content (AvgIpc) is 2.31. The largest absolute Gasteiger partial charge is 0.478 e. The Morgan fingerprint density at radius 2 is 2.05 bits per heavy atom.